The normalized spacial score (nSPS) is 12.9. The van der Waals surface area contributed by atoms with Crippen molar-refractivity contribution in [3.63, 3.8) is 0 Å². The molecule has 0 spiro atoms. The predicted molar refractivity (Wildman–Crippen MR) is 81.4 cm³/mol. The van der Waals surface area contributed by atoms with E-state index in [-0.39, 0.29) is 29.9 Å². The van der Waals surface area contributed by atoms with Crippen molar-refractivity contribution < 1.29 is 13.2 Å². The smallest absolute Gasteiger partial charge is 0.244 e. The topological polar surface area (TPSA) is 72.6 Å². The molecule has 1 rings (SSSR count). The van der Waals surface area contributed by atoms with E-state index < -0.39 is 10.0 Å². The van der Waals surface area contributed by atoms with Crippen LogP contribution in [0.2, 0.25) is 0 Å². The number of nitrogens with two attached hydrogens (primary N) is 1. The number of ether oxygens (including phenoxy) is 1. The molecule has 19 heavy (non-hydrogen) atoms. The van der Waals surface area contributed by atoms with Crippen LogP contribution < -0.4 is 10.5 Å². The molecule has 0 saturated carbocycles. The van der Waals surface area contributed by atoms with E-state index in [0.29, 0.717) is 10.2 Å². The summed E-state index contributed by atoms with van der Waals surface area (Å²) in [6, 6.07) is 4.55. The summed E-state index contributed by atoms with van der Waals surface area (Å²) in [5, 5.41) is 0. The molecule has 0 aromatic heterocycles. The van der Waals surface area contributed by atoms with Gasteiger partial charge in [-0.1, -0.05) is 0 Å². The molecule has 0 bridgehead atoms. The summed E-state index contributed by atoms with van der Waals surface area (Å²) in [7, 11) is -0.583. The lowest BCUT2D eigenvalue weighted by Crippen LogP contribution is -2.39. The largest absolute Gasteiger partial charge is 0.497 e. The molecular weight excluding hydrogens is 356 g/mol. The zero-order valence-electron chi connectivity index (χ0n) is 11.0. The molecule has 8 heteroatoms. The molecule has 1 atom stereocenters. The molecule has 0 aliphatic rings. The van der Waals surface area contributed by atoms with Crippen molar-refractivity contribution in [1.29, 1.82) is 0 Å². The van der Waals surface area contributed by atoms with Crippen LogP contribution in [0, 0.1) is 0 Å². The second-order valence-corrected chi connectivity index (χ2v) is 6.72. The number of nitrogens with zero attached hydrogens (tertiary/aromatic N) is 1. The number of rotatable bonds is 5. The lowest BCUT2D eigenvalue weighted by molar-refractivity contribution is 0.392. The average Bonchev–Trinajstić information content (AvgIpc) is 2.37. The highest BCUT2D eigenvalue weighted by Crippen LogP contribution is 2.29. The second kappa shape index (κ2) is 7.44. The van der Waals surface area contributed by atoms with Crippen molar-refractivity contribution in [2.45, 2.75) is 17.9 Å². The zero-order chi connectivity index (χ0) is 13.9. The van der Waals surface area contributed by atoms with Gasteiger partial charge in [-0.3, -0.25) is 0 Å². The summed E-state index contributed by atoms with van der Waals surface area (Å²) in [5.41, 5.74) is 5.50. The van der Waals surface area contributed by atoms with E-state index in [9.17, 15) is 8.42 Å². The van der Waals surface area contributed by atoms with Crippen LogP contribution in [0.5, 0.6) is 5.75 Å². The Morgan fingerprint density at radius 2 is 2.05 bits per heavy atom. The summed E-state index contributed by atoms with van der Waals surface area (Å²) in [6.07, 6.45) is 0. The molecular formula is C11H18BrClN2O3S. The van der Waals surface area contributed by atoms with E-state index in [1.807, 2.05) is 0 Å². The van der Waals surface area contributed by atoms with Crippen molar-refractivity contribution in [2.24, 2.45) is 5.73 Å². The summed E-state index contributed by atoms with van der Waals surface area (Å²) < 4.78 is 31.6. The first-order valence-corrected chi connectivity index (χ1v) is 7.59. The Morgan fingerprint density at radius 1 is 1.47 bits per heavy atom. The van der Waals surface area contributed by atoms with Crippen LogP contribution in [0.1, 0.15) is 6.92 Å². The molecule has 5 nitrogen and oxygen atoms in total. The first-order valence-electron chi connectivity index (χ1n) is 5.36. The molecule has 0 amide bonds. The predicted octanol–water partition coefficient (Wildman–Crippen LogP) is 1.85. The van der Waals surface area contributed by atoms with Crippen LogP contribution in [0.25, 0.3) is 0 Å². The van der Waals surface area contributed by atoms with Gasteiger partial charge in [0.05, 0.1) is 7.11 Å². The maximum atomic E-state index is 12.4. The SMILES string of the molecule is COc1ccc(Br)c(S(=O)(=O)N(C)C(C)CN)c1.Cl. The minimum atomic E-state index is -3.59. The van der Waals surface area contributed by atoms with E-state index in [2.05, 4.69) is 15.9 Å². The Labute approximate surface area is 128 Å². The third kappa shape index (κ3) is 4.06. The van der Waals surface area contributed by atoms with E-state index in [0.717, 1.165) is 0 Å². The van der Waals surface area contributed by atoms with Gasteiger partial charge in [0.25, 0.3) is 0 Å². The molecule has 0 radical (unpaired) electrons. The molecule has 0 aliphatic heterocycles. The summed E-state index contributed by atoms with van der Waals surface area (Å²) >= 11 is 3.24. The lowest BCUT2D eigenvalue weighted by atomic mass is 10.3. The number of hydrogen-bond acceptors (Lipinski definition) is 4. The Morgan fingerprint density at radius 3 is 2.53 bits per heavy atom. The van der Waals surface area contributed by atoms with Gasteiger partial charge < -0.3 is 10.5 Å². The van der Waals surface area contributed by atoms with Crippen molar-refractivity contribution in [3.05, 3.63) is 22.7 Å². The Kier molecular flexibility index (Phi) is 7.31. The van der Waals surface area contributed by atoms with Crippen molar-refractivity contribution in [1.82, 2.24) is 4.31 Å². The van der Waals surface area contributed by atoms with Gasteiger partial charge in [-0.2, -0.15) is 4.31 Å². The third-order valence-corrected chi connectivity index (χ3v) is 5.72. The highest BCUT2D eigenvalue weighted by molar-refractivity contribution is 9.10. The monoisotopic (exact) mass is 372 g/mol. The van der Waals surface area contributed by atoms with E-state index >= 15 is 0 Å². The Hall–Kier alpha value is -0.340. The van der Waals surface area contributed by atoms with Crippen LogP contribution in [0.4, 0.5) is 0 Å². The van der Waals surface area contributed by atoms with Crippen LogP contribution >= 0.6 is 28.3 Å². The maximum Gasteiger partial charge on any atom is 0.244 e. The fourth-order valence-electron chi connectivity index (χ4n) is 1.35. The van der Waals surface area contributed by atoms with Crippen LogP contribution in [-0.4, -0.2) is 39.5 Å². The van der Waals surface area contributed by atoms with Gasteiger partial charge in [-0.05, 0) is 35.0 Å². The maximum absolute atomic E-state index is 12.4. The van der Waals surface area contributed by atoms with Gasteiger partial charge in [-0.25, -0.2) is 8.42 Å². The minimum absolute atomic E-state index is 0. The molecule has 2 N–H and O–H groups in total. The van der Waals surface area contributed by atoms with Crippen molar-refractivity contribution in [3.8, 4) is 5.75 Å². The standard InChI is InChI=1S/C11H17BrN2O3S.ClH/c1-8(7-13)14(2)18(15,16)11-6-9(17-3)4-5-10(11)12;/h4-6,8H,7,13H2,1-3H3;1H. The molecule has 1 aromatic rings. The first kappa shape index (κ1) is 18.7. The Bertz CT molecular complexity index is 525. The molecule has 0 saturated heterocycles. The Balaban J connectivity index is 0.00000324. The van der Waals surface area contributed by atoms with Gasteiger partial charge >= 0.3 is 0 Å². The summed E-state index contributed by atoms with van der Waals surface area (Å²) in [5.74, 6) is 0.491. The van der Waals surface area contributed by atoms with E-state index in [1.165, 1.54) is 24.5 Å². The lowest BCUT2D eigenvalue weighted by Gasteiger charge is -2.23. The number of sulfonamides is 1. The second-order valence-electron chi connectivity index (χ2n) is 3.90. The van der Waals surface area contributed by atoms with Gasteiger partial charge in [0, 0.05) is 30.2 Å². The molecule has 0 heterocycles. The van der Waals surface area contributed by atoms with E-state index in [1.54, 1.807) is 19.1 Å². The quantitative estimate of drug-likeness (QED) is 0.855. The number of halogens is 2. The zero-order valence-corrected chi connectivity index (χ0v) is 14.2. The average molecular weight is 374 g/mol. The van der Waals surface area contributed by atoms with Crippen LogP contribution in [0.3, 0.4) is 0 Å². The van der Waals surface area contributed by atoms with E-state index in [4.69, 9.17) is 10.5 Å². The van der Waals surface area contributed by atoms with Crippen molar-refractivity contribution >= 4 is 38.4 Å². The minimum Gasteiger partial charge on any atom is -0.497 e. The van der Waals surface area contributed by atoms with Gasteiger partial charge in [0.1, 0.15) is 10.6 Å². The van der Waals surface area contributed by atoms with Gasteiger partial charge in [0.2, 0.25) is 10.0 Å². The number of likely N-dealkylation sites (N-methyl/N-ethyl adjacent to an activating group) is 1. The summed E-state index contributed by atoms with van der Waals surface area (Å²) in [6.45, 7) is 2.02. The molecule has 1 aromatic carbocycles. The number of benzene rings is 1. The highest BCUT2D eigenvalue weighted by atomic mass is 79.9. The summed E-state index contributed by atoms with van der Waals surface area (Å²) in [4.78, 5) is 0.171. The molecule has 0 aliphatic carbocycles. The van der Waals surface area contributed by atoms with Crippen LogP contribution in [-0.2, 0) is 10.0 Å². The van der Waals surface area contributed by atoms with Gasteiger partial charge in [-0.15, -0.1) is 12.4 Å². The third-order valence-electron chi connectivity index (χ3n) is 2.76. The van der Waals surface area contributed by atoms with Crippen LogP contribution in [0.15, 0.2) is 27.6 Å². The fraction of sp³-hybridized carbons (Fsp3) is 0.455. The van der Waals surface area contributed by atoms with Crippen molar-refractivity contribution in [2.75, 3.05) is 20.7 Å². The number of methoxy groups -OCH3 is 1. The molecule has 1 unspecified atom stereocenters. The number of hydrogen-bond donors (Lipinski definition) is 1. The molecule has 110 valence electrons. The molecule has 0 fully saturated rings. The highest BCUT2D eigenvalue weighted by Gasteiger charge is 2.27. The first-order chi connectivity index (χ1) is 8.34. The fourth-order valence-corrected chi connectivity index (χ4v) is 3.66. The van der Waals surface area contributed by atoms with Gasteiger partial charge in [0.15, 0.2) is 0 Å².